The van der Waals surface area contributed by atoms with Gasteiger partial charge in [0, 0.05) is 37.5 Å². The van der Waals surface area contributed by atoms with Crippen LogP contribution in [0.2, 0.25) is 0 Å². The zero-order chi connectivity index (χ0) is 20.8. The van der Waals surface area contributed by atoms with Gasteiger partial charge in [-0.25, -0.2) is 4.98 Å². The molecule has 1 aliphatic rings. The number of halogens is 3. The lowest BCUT2D eigenvalue weighted by atomic mass is 10.1. The predicted octanol–water partition coefficient (Wildman–Crippen LogP) is 2.58. The van der Waals surface area contributed by atoms with Crippen molar-refractivity contribution in [2.45, 2.75) is 25.2 Å². The maximum absolute atomic E-state index is 12.8. The van der Waals surface area contributed by atoms with Crippen LogP contribution in [0.15, 0.2) is 30.5 Å². The van der Waals surface area contributed by atoms with Crippen LogP contribution in [0.3, 0.4) is 0 Å². The number of hydrogen-bond acceptors (Lipinski definition) is 5. The summed E-state index contributed by atoms with van der Waals surface area (Å²) in [5.74, 6) is -0.167. The number of ether oxygens (including phenoxy) is 1. The van der Waals surface area contributed by atoms with Crippen LogP contribution in [0.1, 0.15) is 34.3 Å². The minimum Gasteiger partial charge on any atom is -0.481 e. The van der Waals surface area contributed by atoms with E-state index in [1.807, 2.05) is 6.07 Å². The molecule has 4 heterocycles. The van der Waals surface area contributed by atoms with Crippen molar-refractivity contribution >= 4 is 5.91 Å². The highest BCUT2D eigenvalue weighted by Crippen LogP contribution is 2.32. The molecule has 1 N–H and O–H groups in total. The number of rotatable bonds is 4. The largest absolute Gasteiger partial charge is 0.481 e. The van der Waals surface area contributed by atoms with Gasteiger partial charge >= 0.3 is 6.18 Å². The first kappa shape index (κ1) is 19.0. The lowest BCUT2D eigenvalue weighted by Gasteiger charge is -2.11. The van der Waals surface area contributed by atoms with E-state index in [9.17, 15) is 18.0 Å². The van der Waals surface area contributed by atoms with Crippen molar-refractivity contribution in [3.05, 3.63) is 47.5 Å². The number of nitrogens with one attached hydrogen (secondary N) is 1. The standard InChI is InChI=1S/C18H17F3N6O2/c1-26-14(9-15(25-26)18(19,20)21)17(28)23-11-4-6-27-13(11)8-12(24-27)10-3-5-22-16(7-10)29-2/h3,5,7-9,11H,4,6H2,1-2H3,(H,23,28)/t11-/m1/s1. The molecule has 3 aromatic heterocycles. The lowest BCUT2D eigenvalue weighted by molar-refractivity contribution is -0.141. The van der Waals surface area contributed by atoms with Gasteiger partial charge in [-0.2, -0.15) is 23.4 Å². The molecule has 4 rings (SSSR count). The minimum absolute atomic E-state index is 0.158. The molecule has 0 fully saturated rings. The molecular weight excluding hydrogens is 389 g/mol. The molecule has 1 atom stereocenters. The molecule has 0 unspecified atom stereocenters. The van der Waals surface area contributed by atoms with Crippen molar-refractivity contribution in [1.82, 2.24) is 29.9 Å². The van der Waals surface area contributed by atoms with Gasteiger partial charge in [0.15, 0.2) is 5.69 Å². The first-order chi connectivity index (χ1) is 13.8. The van der Waals surface area contributed by atoms with Crippen LogP contribution in [0, 0.1) is 0 Å². The van der Waals surface area contributed by atoms with Gasteiger partial charge in [0.25, 0.3) is 5.91 Å². The highest BCUT2D eigenvalue weighted by molar-refractivity contribution is 5.93. The first-order valence-corrected chi connectivity index (χ1v) is 8.76. The monoisotopic (exact) mass is 406 g/mol. The summed E-state index contributed by atoms with van der Waals surface area (Å²) in [6.45, 7) is 0.585. The second-order valence-electron chi connectivity index (χ2n) is 6.62. The number of methoxy groups -OCH3 is 1. The summed E-state index contributed by atoms with van der Waals surface area (Å²) >= 11 is 0. The molecule has 29 heavy (non-hydrogen) atoms. The summed E-state index contributed by atoms with van der Waals surface area (Å²) in [5, 5.41) is 10.7. The van der Waals surface area contributed by atoms with E-state index < -0.39 is 17.8 Å². The molecule has 0 aromatic carbocycles. The van der Waals surface area contributed by atoms with Crippen molar-refractivity contribution in [3.63, 3.8) is 0 Å². The smallest absolute Gasteiger partial charge is 0.435 e. The Labute approximate surface area is 163 Å². The number of nitrogens with zero attached hydrogens (tertiary/aromatic N) is 5. The van der Waals surface area contributed by atoms with E-state index in [-0.39, 0.29) is 11.7 Å². The van der Waals surface area contributed by atoms with Gasteiger partial charge in [0.1, 0.15) is 5.69 Å². The Balaban J connectivity index is 1.55. The van der Waals surface area contributed by atoms with E-state index in [2.05, 4.69) is 20.5 Å². The van der Waals surface area contributed by atoms with E-state index >= 15 is 0 Å². The quantitative estimate of drug-likeness (QED) is 0.720. The van der Waals surface area contributed by atoms with Crippen LogP contribution in [-0.2, 0) is 19.8 Å². The Hall–Kier alpha value is -3.37. The van der Waals surface area contributed by atoms with E-state index in [1.54, 1.807) is 23.0 Å². The molecule has 0 saturated carbocycles. The summed E-state index contributed by atoms with van der Waals surface area (Å²) in [6.07, 6.45) is -2.40. The third-order valence-electron chi connectivity index (χ3n) is 4.75. The van der Waals surface area contributed by atoms with Crippen molar-refractivity contribution < 1.29 is 22.7 Å². The first-order valence-electron chi connectivity index (χ1n) is 8.76. The molecule has 0 bridgehead atoms. The molecule has 11 heteroatoms. The van der Waals surface area contributed by atoms with Crippen LogP contribution in [0.4, 0.5) is 13.2 Å². The second kappa shape index (κ2) is 6.90. The van der Waals surface area contributed by atoms with Crippen LogP contribution in [0.25, 0.3) is 11.3 Å². The zero-order valence-corrected chi connectivity index (χ0v) is 15.6. The highest BCUT2D eigenvalue weighted by Gasteiger charge is 2.36. The predicted molar refractivity (Wildman–Crippen MR) is 95.0 cm³/mol. The van der Waals surface area contributed by atoms with Gasteiger partial charge in [0.05, 0.1) is 24.5 Å². The SMILES string of the molecule is COc1cc(-c2cc3n(n2)CC[C@H]3NC(=O)c2cc(C(F)(F)F)nn2C)ccn1. The number of aromatic nitrogens is 5. The van der Waals surface area contributed by atoms with Gasteiger partial charge in [-0.05, 0) is 18.6 Å². The van der Waals surface area contributed by atoms with Gasteiger partial charge < -0.3 is 10.1 Å². The van der Waals surface area contributed by atoms with Gasteiger partial charge in [-0.1, -0.05) is 0 Å². The molecule has 0 radical (unpaired) electrons. The van der Waals surface area contributed by atoms with Gasteiger partial charge in [0.2, 0.25) is 5.88 Å². The molecule has 0 aliphatic carbocycles. The minimum atomic E-state index is -4.61. The fraction of sp³-hybridized carbons (Fsp3) is 0.333. The Bertz CT molecular complexity index is 1070. The molecule has 1 aliphatic heterocycles. The summed E-state index contributed by atoms with van der Waals surface area (Å²) in [6, 6.07) is 5.77. The van der Waals surface area contributed by atoms with E-state index in [0.717, 1.165) is 22.0 Å². The van der Waals surface area contributed by atoms with Crippen molar-refractivity contribution in [3.8, 4) is 17.1 Å². The third-order valence-corrected chi connectivity index (χ3v) is 4.75. The highest BCUT2D eigenvalue weighted by atomic mass is 19.4. The second-order valence-corrected chi connectivity index (χ2v) is 6.62. The molecule has 0 spiro atoms. The average Bonchev–Trinajstić information content (AvgIpc) is 3.36. The van der Waals surface area contributed by atoms with E-state index in [0.29, 0.717) is 24.5 Å². The zero-order valence-electron chi connectivity index (χ0n) is 15.6. The maximum atomic E-state index is 12.8. The van der Waals surface area contributed by atoms with Crippen molar-refractivity contribution in [2.75, 3.05) is 7.11 Å². The molecule has 8 nitrogen and oxygen atoms in total. The topological polar surface area (TPSA) is 86.9 Å². The fourth-order valence-electron chi connectivity index (χ4n) is 3.31. The Morgan fingerprint density at radius 1 is 1.28 bits per heavy atom. The Kier molecular flexibility index (Phi) is 4.52. The van der Waals surface area contributed by atoms with Gasteiger partial charge in [-0.15, -0.1) is 0 Å². The summed E-state index contributed by atoms with van der Waals surface area (Å²) in [5.41, 5.74) is 1.03. The van der Waals surface area contributed by atoms with Crippen LogP contribution >= 0.6 is 0 Å². The third kappa shape index (κ3) is 3.55. The molecular formula is C18H17F3N6O2. The fourth-order valence-corrected chi connectivity index (χ4v) is 3.31. The number of fused-ring (bicyclic) bond motifs is 1. The van der Waals surface area contributed by atoms with Gasteiger partial charge in [-0.3, -0.25) is 14.2 Å². The molecule has 152 valence electrons. The molecule has 0 saturated heterocycles. The number of carbonyl (C=O) groups is 1. The van der Waals surface area contributed by atoms with Crippen LogP contribution in [-0.4, -0.2) is 37.6 Å². The summed E-state index contributed by atoms with van der Waals surface area (Å²) < 4.78 is 46.3. The summed E-state index contributed by atoms with van der Waals surface area (Å²) in [4.78, 5) is 16.6. The molecule has 1 amide bonds. The number of pyridine rings is 1. The number of amides is 1. The maximum Gasteiger partial charge on any atom is 0.435 e. The van der Waals surface area contributed by atoms with Crippen LogP contribution in [0.5, 0.6) is 5.88 Å². The van der Waals surface area contributed by atoms with Crippen molar-refractivity contribution in [2.24, 2.45) is 7.05 Å². The Morgan fingerprint density at radius 3 is 2.76 bits per heavy atom. The normalized spacial score (nSPS) is 16.0. The number of alkyl halides is 3. The van der Waals surface area contributed by atoms with Crippen LogP contribution < -0.4 is 10.1 Å². The number of hydrogen-bond donors (Lipinski definition) is 1. The van der Waals surface area contributed by atoms with Crippen molar-refractivity contribution in [1.29, 1.82) is 0 Å². The number of aryl methyl sites for hydroxylation is 2. The Morgan fingerprint density at radius 2 is 2.07 bits per heavy atom. The van der Waals surface area contributed by atoms with E-state index in [1.165, 1.54) is 14.2 Å². The number of carbonyl (C=O) groups excluding carboxylic acids is 1. The average molecular weight is 406 g/mol. The molecule has 3 aromatic rings. The summed E-state index contributed by atoms with van der Waals surface area (Å²) in [7, 11) is 2.82. The van der Waals surface area contributed by atoms with E-state index in [4.69, 9.17) is 4.74 Å². The lowest BCUT2D eigenvalue weighted by Crippen LogP contribution is -2.28.